The molecule has 6 rings (SSSR count). The molecule has 0 saturated carbocycles. The van der Waals surface area contributed by atoms with Crippen LogP contribution in [0.25, 0.3) is 0 Å². The maximum atomic E-state index is 14.1. The van der Waals surface area contributed by atoms with E-state index in [2.05, 4.69) is 6.92 Å². The smallest absolute Gasteiger partial charge is 0.187 e. The number of hydrogen-bond acceptors (Lipinski definition) is 9. The highest BCUT2D eigenvalue weighted by atomic mass is 16.7. The zero-order chi connectivity index (χ0) is 37.5. The molecule has 0 bridgehead atoms. The van der Waals surface area contributed by atoms with Crippen LogP contribution in [0.15, 0.2) is 133 Å². The van der Waals surface area contributed by atoms with Crippen LogP contribution < -0.4 is 0 Å². The van der Waals surface area contributed by atoms with Gasteiger partial charge in [0.2, 0.25) is 0 Å². The topological polar surface area (TPSA) is 90.9 Å². The lowest BCUT2D eigenvalue weighted by Gasteiger charge is -2.46. The number of ether oxygens (including phenoxy) is 8. The molecule has 2 fully saturated rings. The van der Waals surface area contributed by atoms with Crippen molar-refractivity contribution in [2.75, 3.05) is 14.2 Å². The van der Waals surface area contributed by atoms with Crippen molar-refractivity contribution in [2.24, 2.45) is 0 Å². The summed E-state index contributed by atoms with van der Waals surface area (Å²) < 4.78 is 50.8. The first-order valence-corrected chi connectivity index (χ1v) is 18.8. The van der Waals surface area contributed by atoms with E-state index in [1.54, 1.807) is 13.2 Å². The molecule has 2 saturated heterocycles. The molecular weight excluding hydrogens is 684 g/mol. The van der Waals surface area contributed by atoms with Crippen molar-refractivity contribution >= 4 is 5.78 Å². The number of carbonyl (C=O) groups excluding carboxylic acids is 1. The first kappa shape index (κ1) is 39.7. The predicted molar refractivity (Wildman–Crippen MR) is 204 cm³/mol. The fourth-order valence-electron chi connectivity index (χ4n) is 7.02. The third kappa shape index (κ3) is 10.6. The number of hydrogen-bond donors (Lipinski definition) is 0. The molecule has 9 nitrogen and oxygen atoms in total. The summed E-state index contributed by atoms with van der Waals surface area (Å²) in [6, 6.07) is 39.9. The SMILES string of the molecule is CCCC1O[C@H](C=CC(=O)C2OC(OC)C(OC)C2OCc2ccccc2)[C@@H](OCc2ccccc2)[C@H](OCc2ccccc2)[C@H]1OCc1ccccc1. The standard InChI is InChI=1S/C45H52O9/c1-4-17-37-40(49-28-32-18-9-5-10-19-32)43(52-31-35-24-15-8-16-25-35)41(50-29-33-20-11-6-12-21-33)38(53-37)27-26-36(46)39-42(44(47-2)45(48-3)54-39)51-30-34-22-13-7-14-23-34/h5-16,18-27,37-45H,4,17,28-31H2,1-3H3/t37?,38-,39?,40+,41-,42?,43-,44?,45?/m1/s1. The van der Waals surface area contributed by atoms with Crippen molar-refractivity contribution in [1.82, 2.24) is 0 Å². The summed E-state index contributed by atoms with van der Waals surface area (Å²) in [5.74, 6) is -0.295. The van der Waals surface area contributed by atoms with Gasteiger partial charge >= 0.3 is 0 Å². The van der Waals surface area contributed by atoms with Gasteiger partial charge in [0.05, 0.1) is 32.5 Å². The number of rotatable bonds is 19. The number of methoxy groups -OCH3 is 2. The first-order chi connectivity index (χ1) is 26.6. The minimum absolute atomic E-state index is 0.281. The van der Waals surface area contributed by atoms with Crippen LogP contribution in [0.2, 0.25) is 0 Å². The van der Waals surface area contributed by atoms with Gasteiger partial charge in [0.15, 0.2) is 18.2 Å². The Balaban J connectivity index is 1.29. The zero-order valence-electron chi connectivity index (χ0n) is 31.3. The summed E-state index contributed by atoms with van der Waals surface area (Å²) in [6.07, 6.45) is -0.784. The Morgan fingerprint density at radius 1 is 0.556 bits per heavy atom. The predicted octanol–water partition coefficient (Wildman–Crippen LogP) is 7.41. The summed E-state index contributed by atoms with van der Waals surface area (Å²) in [5, 5.41) is 0. The van der Waals surface area contributed by atoms with E-state index in [4.69, 9.17) is 37.9 Å². The van der Waals surface area contributed by atoms with Crippen molar-refractivity contribution < 1.29 is 42.7 Å². The molecule has 2 aliphatic rings. The monoisotopic (exact) mass is 736 g/mol. The molecule has 0 aromatic heterocycles. The Bertz CT molecular complexity index is 1690. The minimum Gasteiger partial charge on any atom is -0.373 e. The molecule has 0 aliphatic carbocycles. The van der Waals surface area contributed by atoms with Gasteiger partial charge in [-0.25, -0.2) is 0 Å². The van der Waals surface area contributed by atoms with E-state index in [0.717, 1.165) is 35.1 Å². The van der Waals surface area contributed by atoms with Gasteiger partial charge < -0.3 is 37.9 Å². The molecule has 54 heavy (non-hydrogen) atoms. The Morgan fingerprint density at radius 3 is 1.44 bits per heavy atom. The highest BCUT2D eigenvalue weighted by molar-refractivity contribution is 5.94. The average molecular weight is 737 g/mol. The maximum Gasteiger partial charge on any atom is 0.187 e. The quantitative estimate of drug-likeness (QED) is 0.0914. The minimum atomic E-state index is -0.967. The number of benzene rings is 4. The average Bonchev–Trinajstić information content (AvgIpc) is 3.59. The van der Waals surface area contributed by atoms with Crippen molar-refractivity contribution in [3.05, 3.63) is 156 Å². The van der Waals surface area contributed by atoms with Crippen molar-refractivity contribution in [1.29, 1.82) is 0 Å². The van der Waals surface area contributed by atoms with E-state index < -0.39 is 49.0 Å². The Kier molecular flexibility index (Phi) is 15.1. The van der Waals surface area contributed by atoms with Gasteiger partial charge in [-0.05, 0) is 40.8 Å². The lowest BCUT2D eigenvalue weighted by molar-refractivity contribution is -0.256. The molecule has 9 heteroatoms. The van der Waals surface area contributed by atoms with E-state index in [9.17, 15) is 4.79 Å². The van der Waals surface area contributed by atoms with E-state index in [0.29, 0.717) is 19.8 Å². The van der Waals surface area contributed by atoms with E-state index in [-0.39, 0.29) is 18.5 Å². The summed E-state index contributed by atoms with van der Waals surface area (Å²) >= 11 is 0. The largest absolute Gasteiger partial charge is 0.373 e. The van der Waals surface area contributed by atoms with Gasteiger partial charge in [-0.3, -0.25) is 4.79 Å². The van der Waals surface area contributed by atoms with Crippen LogP contribution in [0.3, 0.4) is 0 Å². The second kappa shape index (κ2) is 20.6. The molecule has 9 atom stereocenters. The molecule has 4 aromatic rings. The summed E-state index contributed by atoms with van der Waals surface area (Å²) in [7, 11) is 3.09. The fourth-order valence-corrected chi connectivity index (χ4v) is 7.02. The molecule has 4 aromatic carbocycles. The van der Waals surface area contributed by atoms with Crippen LogP contribution in [0.5, 0.6) is 0 Å². The molecule has 286 valence electrons. The Hall–Kier alpha value is -4.03. The van der Waals surface area contributed by atoms with E-state index in [1.807, 2.05) is 121 Å². The van der Waals surface area contributed by atoms with Gasteiger partial charge in [0, 0.05) is 14.2 Å². The summed E-state index contributed by atoms with van der Waals surface area (Å²) in [5.41, 5.74) is 4.05. The second-order valence-corrected chi connectivity index (χ2v) is 13.6. The highest BCUT2D eigenvalue weighted by Crippen LogP contribution is 2.34. The molecule has 5 unspecified atom stereocenters. The number of ketones is 1. The molecule has 2 heterocycles. The van der Waals surface area contributed by atoms with Crippen molar-refractivity contribution in [2.45, 2.75) is 101 Å². The third-order valence-electron chi connectivity index (χ3n) is 9.79. The number of carbonyl (C=O) groups is 1. The normalized spacial score (nSPS) is 27.0. The van der Waals surface area contributed by atoms with Gasteiger partial charge in [0.25, 0.3) is 0 Å². The molecule has 2 aliphatic heterocycles. The summed E-state index contributed by atoms with van der Waals surface area (Å²) in [4.78, 5) is 14.1. The Labute approximate surface area is 319 Å². The van der Waals surface area contributed by atoms with Gasteiger partial charge in [0.1, 0.15) is 36.6 Å². The van der Waals surface area contributed by atoms with Crippen LogP contribution in [0.4, 0.5) is 0 Å². The molecule has 0 spiro atoms. The molecular formula is C45H52O9. The molecule has 0 radical (unpaired) electrons. The van der Waals surface area contributed by atoms with Crippen LogP contribution >= 0.6 is 0 Å². The van der Waals surface area contributed by atoms with Crippen LogP contribution in [0, 0.1) is 0 Å². The van der Waals surface area contributed by atoms with Gasteiger partial charge in [-0.2, -0.15) is 0 Å². The van der Waals surface area contributed by atoms with Gasteiger partial charge in [-0.1, -0.05) is 135 Å². The summed E-state index contributed by atoms with van der Waals surface area (Å²) in [6.45, 7) is 3.45. The van der Waals surface area contributed by atoms with Crippen LogP contribution in [0.1, 0.15) is 42.0 Å². The van der Waals surface area contributed by atoms with Crippen molar-refractivity contribution in [3.63, 3.8) is 0 Å². The lowest BCUT2D eigenvalue weighted by atomic mass is 9.91. The first-order valence-electron chi connectivity index (χ1n) is 18.8. The zero-order valence-corrected chi connectivity index (χ0v) is 31.3. The molecule has 0 N–H and O–H groups in total. The molecule has 0 amide bonds. The second-order valence-electron chi connectivity index (χ2n) is 13.6. The van der Waals surface area contributed by atoms with E-state index >= 15 is 0 Å². The van der Waals surface area contributed by atoms with E-state index in [1.165, 1.54) is 13.2 Å². The highest BCUT2D eigenvalue weighted by Gasteiger charge is 2.50. The Morgan fingerprint density at radius 2 is 1.00 bits per heavy atom. The third-order valence-corrected chi connectivity index (χ3v) is 9.79. The maximum absolute atomic E-state index is 14.1. The van der Waals surface area contributed by atoms with Crippen LogP contribution in [-0.2, 0) is 69.1 Å². The van der Waals surface area contributed by atoms with Crippen LogP contribution in [-0.4, -0.2) is 75.1 Å². The van der Waals surface area contributed by atoms with Crippen molar-refractivity contribution in [3.8, 4) is 0 Å². The van der Waals surface area contributed by atoms with Gasteiger partial charge in [-0.15, -0.1) is 0 Å². The fraction of sp³-hybridized carbons (Fsp3) is 0.400. The lowest BCUT2D eigenvalue weighted by Crippen LogP contribution is -2.59.